The summed E-state index contributed by atoms with van der Waals surface area (Å²) in [5.41, 5.74) is 15.0. The zero-order chi connectivity index (χ0) is 20.8. The maximum absolute atomic E-state index is 5.91. The van der Waals surface area contributed by atoms with Crippen molar-refractivity contribution in [3.8, 4) is 0 Å². The molecule has 0 unspecified atom stereocenters. The predicted octanol–water partition coefficient (Wildman–Crippen LogP) is 5.04. The van der Waals surface area contributed by atoms with Gasteiger partial charge in [-0.2, -0.15) is 20.2 Å². The highest BCUT2D eigenvalue weighted by molar-refractivity contribution is 6.31. The Kier molecular flexibility index (Phi) is 6.64. The molecule has 0 aliphatic heterocycles. The van der Waals surface area contributed by atoms with Crippen LogP contribution in [0.15, 0.2) is 64.8 Å². The summed E-state index contributed by atoms with van der Waals surface area (Å²) in [5.74, 6) is 0.969. The van der Waals surface area contributed by atoms with Crippen LogP contribution in [0.1, 0.15) is 25.0 Å². The predicted molar refractivity (Wildman–Crippen MR) is 121 cm³/mol. The molecular weight excluding hydrogens is 409 g/mol. The Balaban J connectivity index is 1.72. The molecule has 0 spiro atoms. The number of nitrogen functional groups attached to an aromatic ring is 1. The molecule has 0 fully saturated rings. The minimum absolute atomic E-state index is 0.0937. The van der Waals surface area contributed by atoms with Crippen molar-refractivity contribution in [1.82, 2.24) is 9.97 Å². The van der Waals surface area contributed by atoms with E-state index < -0.39 is 0 Å². The summed E-state index contributed by atoms with van der Waals surface area (Å²) in [6, 6.07) is 16.4. The second-order valence-electron chi connectivity index (χ2n) is 6.13. The van der Waals surface area contributed by atoms with Crippen LogP contribution in [0.5, 0.6) is 0 Å². The van der Waals surface area contributed by atoms with Crippen molar-refractivity contribution < 1.29 is 0 Å². The number of anilines is 3. The van der Waals surface area contributed by atoms with Gasteiger partial charge in [-0.15, -0.1) is 0 Å². The number of halogens is 2. The van der Waals surface area contributed by atoms with Crippen molar-refractivity contribution in [2.24, 2.45) is 10.2 Å². The lowest BCUT2D eigenvalue weighted by Gasteiger charge is -2.07. The number of hydrazone groups is 2. The molecule has 1 aromatic heterocycles. The SMILES string of the molecule is C/C(=N\Nc1cc(N/N=C(\C)c2ccc(Cl)cc2)nc(N)n1)c1ccc(Cl)cc1. The van der Waals surface area contributed by atoms with Crippen molar-refractivity contribution in [2.75, 3.05) is 16.6 Å². The molecule has 0 aliphatic carbocycles. The van der Waals surface area contributed by atoms with Gasteiger partial charge >= 0.3 is 0 Å². The van der Waals surface area contributed by atoms with Crippen molar-refractivity contribution in [1.29, 1.82) is 0 Å². The fourth-order valence-electron chi connectivity index (χ4n) is 2.37. The summed E-state index contributed by atoms with van der Waals surface area (Å²) in [6.07, 6.45) is 0. The van der Waals surface area contributed by atoms with Gasteiger partial charge in [0.05, 0.1) is 11.4 Å². The van der Waals surface area contributed by atoms with Crippen molar-refractivity contribution in [3.05, 3.63) is 75.8 Å². The molecular formula is C20H19Cl2N7. The molecule has 3 aromatic rings. The third-order valence-corrected chi connectivity index (χ3v) is 4.45. The molecule has 9 heteroatoms. The van der Waals surface area contributed by atoms with E-state index in [1.807, 2.05) is 62.4 Å². The van der Waals surface area contributed by atoms with Gasteiger partial charge in [0.25, 0.3) is 0 Å². The van der Waals surface area contributed by atoms with E-state index >= 15 is 0 Å². The minimum atomic E-state index is 0.0937. The van der Waals surface area contributed by atoms with Gasteiger partial charge in [0.15, 0.2) is 11.6 Å². The molecule has 29 heavy (non-hydrogen) atoms. The summed E-state index contributed by atoms with van der Waals surface area (Å²) in [7, 11) is 0. The average Bonchev–Trinajstić information content (AvgIpc) is 2.71. The number of nitrogens with two attached hydrogens (primary N) is 1. The van der Waals surface area contributed by atoms with E-state index in [0.29, 0.717) is 21.7 Å². The highest BCUT2D eigenvalue weighted by atomic mass is 35.5. The molecule has 3 rings (SSSR count). The summed E-state index contributed by atoms with van der Waals surface area (Å²) in [5, 5.41) is 10.00. The van der Waals surface area contributed by atoms with Crippen LogP contribution < -0.4 is 16.6 Å². The van der Waals surface area contributed by atoms with Crippen LogP contribution in [0.3, 0.4) is 0 Å². The van der Waals surface area contributed by atoms with E-state index in [-0.39, 0.29) is 5.95 Å². The van der Waals surface area contributed by atoms with Crippen LogP contribution in [0.2, 0.25) is 10.0 Å². The zero-order valence-corrected chi connectivity index (χ0v) is 17.3. The molecule has 1 heterocycles. The largest absolute Gasteiger partial charge is 0.368 e. The zero-order valence-electron chi connectivity index (χ0n) is 15.8. The topological polar surface area (TPSA) is 101 Å². The monoisotopic (exact) mass is 427 g/mol. The van der Waals surface area contributed by atoms with E-state index in [1.54, 1.807) is 6.07 Å². The lowest BCUT2D eigenvalue weighted by Crippen LogP contribution is -2.06. The molecule has 2 aromatic carbocycles. The van der Waals surface area contributed by atoms with Gasteiger partial charge in [-0.05, 0) is 49.2 Å². The van der Waals surface area contributed by atoms with E-state index in [9.17, 15) is 0 Å². The average molecular weight is 428 g/mol. The van der Waals surface area contributed by atoms with Gasteiger partial charge in [-0.25, -0.2) is 0 Å². The van der Waals surface area contributed by atoms with Crippen LogP contribution in [-0.2, 0) is 0 Å². The van der Waals surface area contributed by atoms with Crippen molar-refractivity contribution in [2.45, 2.75) is 13.8 Å². The van der Waals surface area contributed by atoms with Crippen molar-refractivity contribution >= 4 is 52.2 Å². The number of benzene rings is 2. The number of rotatable bonds is 6. The van der Waals surface area contributed by atoms with Crippen LogP contribution >= 0.6 is 23.2 Å². The summed E-state index contributed by atoms with van der Waals surface area (Å²) in [4.78, 5) is 8.27. The number of nitrogens with one attached hydrogen (secondary N) is 2. The van der Waals surface area contributed by atoms with E-state index in [4.69, 9.17) is 28.9 Å². The summed E-state index contributed by atoms with van der Waals surface area (Å²) >= 11 is 11.8. The molecule has 0 aliphatic rings. The maximum atomic E-state index is 5.91. The van der Waals surface area contributed by atoms with E-state index in [2.05, 4.69) is 31.0 Å². The lowest BCUT2D eigenvalue weighted by molar-refractivity contribution is 1.13. The number of aromatic nitrogens is 2. The second kappa shape index (κ2) is 9.36. The molecule has 7 nitrogen and oxygen atoms in total. The Labute approximate surface area is 178 Å². The smallest absolute Gasteiger partial charge is 0.224 e. The highest BCUT2D eigenvalue weighted by Gasteiger charge is 2.04. The van der Waals surface area contributed by atoms with Gasteiger partial charge in [0.1, 0.15) is 0 Å². The first-order valence-electron chi connectivity index (χ1n) is 8.68. The Hall–Kier alpha value is -3.16. The molecule has 148 valence electrons. The Bertz CT molecular complexity index is 964. The Morgan fingerprint density at radius 1 is 0.759 bits per heavy atom. The molecule has 0 bridgehead atoms. The molecule has 0 radical (unpaired) electrons. The standard InChI is InChI=1S/C20H19Cl2N7/c1-12(14-3-7-16(21)8-4-14)26-28-18-11-19(25-20(23)24-18)29-27-13(2)15-5-9-17(22)10-6-15/h3-11H,1-2H3,(H4,23,24,25,28,29)/b26-12+,27-13+. The summed E-state index contributed by atoms with van der Waals surface area (Å²) in [6.45, 7) is 3.75. The van der Waals surface area contributed by atoms with Gasteiger partial charge < -0.3 is 5.73 Å². The Morgan fingerprint density at radius 3 is 1.52 bits per heavy atom. The van der Waals surface area contributed by atoms with Crippen LogP contribution in [0.25, 0.3) is 0 Å². The maximum Gasteiger partial charge on any atom is 0.224 e. The van der Waals surface area contributed by atoms with Crippen LogP contribution in [0, 0.1) is 0 Å². The first kappa shape index (κ1) is 20.6. The van der Waals surface area contributed by atoms with E-state index in [1.165, 1.54) is 0 Å². The van der Waals surface area contributed by atoms with Gasteiger partial charge in [0, 0.05) is 16.1 Å². The third kappa shape index (κ3) is 5.91. The second-order valence-corrected chi connectivity index (χ2v) is 7.00. The Morgan fingerprint density at radius 2 is 1.14 bits per heavy atom. The molecule has 0 saturated carbocycles. The number of hydrogen-bond donors (Lipinski definition) is 3. The number of hydrogen-bond acceptors (Lipinski definition) is 7. The molecule has 0 amide bonds. The van der Waals surface area contributed by atoms with Gasteiger partial charge in [-0.3, -0.25) is 10.9 Å². The molecule has 4 N–H and O–H groups in total. The molecule has 0 saturated heterocycles. The lowest BCUT2D eigenvalue weighted by atomic mass is 10.1. The highest BCUT2D eigenvalue weighted by Crippen LogP contribution is 2.15. The summed E-state index contributed by atoms with van der Waals surface area (Å²) < 4.78 is 0. The van der Waals surface area contributed by atoms with Crippen LogP contribution in [0.4, 0.5) is 17.6 Å². The fraction of sp³-hybridized carbons (Fsp3) is 0.100. The normalized spacial score (nSPS) is 12.0. The first-order chi connectivity index (χ1) is 13.9. The first-order valence-corrected chi connectivity index (χ1v) is 9.43. The van der Waals surface area contributed by atoms with Crippen molar-refractivity contribution in [3.63, 3.8) is 0 Å². The van der Waals surface area contributed by atoms with Gasteiger partial charge in [-0.1, -0.05) is 47.5 Å². The quantitative estimate of drug-likeness (QED) is 0.377. The van der Waals surface area contributed by atoms with E-state index in [0.717, 1.165) is 22.6 Å². The number of nitrogens with zero attached hydrogens (tertiary/aromatic N) is 4. The fourth-order valence-corrected chi connectivity index (χ4v) is 2.63. The third-order valence-electron chi connectivity index (χ3n) is 3.94. The minimum Gasteiger partial charge on any atom is -0.368 e. The molecule has 0 atom stereocenters. The van der Waals surface area contributed by atoms with Crippen LogP contribution in [-0.4, -0.2) is 21.4 Å². The van der Waals surface area contributed by atoms with Gasteiger partial charge in [0.2, 0.25) is 5.95 Å².